The van der Waals surface area contributed by atoms with Crippen LogP contribution in [0.1, 0.15) is 37.9 Å². The molecule has 2 N–H and O–H groups in total. The summed E-state index contributed by atoms with van der Waals surface area (Å²) in [7, 11) is 0. The summed E-state index contributed by atoms with van der Waals surface area (Å²) in [6.45, 7) is 2.83. The minimum atomic E-state index is -0.741. The van der Waals surface area contributed by atoms with Gasteiger partial charge in [-0.2, -0.15) is 0 Å². The van der Waals surface area contributed by atoms with E-state index in [1.807, 2.05) is 0 Å². The Morgan fingerprint density at radius 3 is 2.88 bits per heavy atom. The molecule has 0 radical (unpaired) electrons. The van der Waals surface area contributed by atoms with Crippen molar-refractivity contribution < 1.29 is 19.4 Å². The second-order valence-corrected chi connectivity index (χ2v) is 7.64. The summed E-state index contributed by atoms with van der Waals surface area (Å²) in [4.78, 5) is 12.4. The van der Waals surface area contributed by atoms with Gasteiger partial charge in [-0.1, -0.05) is 18.5 Å². The number of amides is 1. The van der Waals surface area contributed by atoms with Gasteiger partial charge in [0, 0.05) is 29.5 Å². The van der Waals surface area contributed by atoms with E-state index in [-0.39, 0.29) is 18.4 Å². The van der Waals surface area contributed by atoms with Crippen LogP contribution in [0.15, 0.2) is 18.2 Å². The lowest BCUT2D eigenvalue weighted by atomic mass is 9.83. The van der Waals surface area contributed by atoms with Gasteiger partial charge in [-0.3, -0.25) is 4.79 Å². The summed E-state index contributed by atoms with van der Waals surface area (Å²) in [5.74, 6) is 1.36. The zero-order valence-corrected chi connectivity index (χ0v) is 14.3. The minimum Gasteiger partial charge on any atom is -0.480 e. The molecule has 24 heavy (non-hydrogen) atoms. The number of fused-ring (bicyclic) bond motifs is 3. The minimum absolute atomic E-state index is 0.175. The maximum atomic E-state index is 12.4. The summed E-state index contributed by atoms with van der Waals surface area (Å²) >= 11 is 5.95. The average molecular weight is 352 g/mol. The number of carbonyl (C=O) groups is 1. The van der Waals surface area contributed by atoms with Gasteiger partial charge in [-0.05, 0) is 37.0 Å². The quantitative estimate of drug-likeness (QED) is 0.877. The number of halogens is 1. The summed E-state index contributed by atoms with van der Waals surface area (Å²) in [6, 6.07) is 5.08. The van der Waals surface area contributed by atoms with E-state index < -0.39 is 12.2 Å². The molecule has 3 aliphatic heterocycles. The Balaban J connectivity index is 1.35. The molecule has 3 aliphatic rings. The van der Waals surface area contributed by atoms with Gasteiger partial charge >= 0.3 is 0 Å². The van der Waals surface area contributed by atoms with E-state index in [1.54, 1.807) is 18.2 Å². The molecule has 130 valence electrons. The topological polar surface area (TPSA) is 67.8 Å². The number of hydrogen-bond acceptors (Lipinski definition) is 4. The number of hydrogen-bond donors (Lipinski definition) is 2. The largest absolute Gasteiger partial charge is 0.480 e. The van der Waals surface area contributed by atoms with Crippen molar-refractivity contribution in [1.29, 1.82) is 0 Å². The maximum Gasteiger partial charge on any atom is 0.261 e. The molecular weight excluding hydrogens is 330 g/mol. The zero-order valence-electron chi connectivity index (χ0n) is 13.6. The number of carbonyl (C=O) groups excluding carboxylic acids is 1. The van der Waals surface area contributed by atoms with Crippen molar-refractivity contribution in [1.82, 2.24) is 5.32 Å². The van der Waals surface area contributed by atoms with Crippen molar-refractivity contribution in [3.05, 3.63) is 28.8 Å². The first-order valence-electron chi connectivity index (χ1n) is 8.58. The molecule has 0 unspecified atom stereocenters. The molecule has 4 rings (SSSR count). The number of ether oxygens (including phenoxy) is 2. The molecule has 5 nitrogen and oxygen atoms in total. The van der Waals surface area contributed by atoms with Crippen LogP contribution < -0.4 is 10.1 Å². The first-order chi connectivity index (χ1) is 11.5. The highest BCUT2D eigenvalue weighted by atomic mass is 35.5. The normalized spacial score (nSPS) is 37.0. The Labute approximate surface area is 146 Å². The number of benzene rings is 1. The van der Waals surface area contributed by atoms with Crippen LogP contribution in [0.5, 0.6) is 5.75 Å². The van der Waals surface area contributed by atoms with Gasteiger partial charge < -0.3 is 19.9 Å². The molecule has 6 atom stereocenters. The van der Waals surface area contributed by atoms with Gasteiger partial charge in [0.05, 0.1) is 18.3 Å². The van der Waals surface area contributed by atoms with Crippen LogP contribution in [0.3, 0.4) is 0 Å². The fourth-order valence-electron chi connectivity index (χ4n) is 4.11. The van der Waals surface area contributed by atoms with E-state index in [2.05, 4.69) is 12.2 Å². The van der Waals surface area contributed by atoms with Crippen LogP contribution in [0.25, 0.3) is 0 Å². The molecule has 3 heterocycles. The molecule has 2 fully saturated rings. The Morgan fingerprint density at radius 2 is 2.17 bits per heavy atom. The SMILES string of the molecule is C[C@@H]1C[C@@H]2O[C@H]1C[C@H]2CNC(=O)[C@H]1C[C@@H](O)c2cc(Cl)ccc2O1. The van der Waals surface area contributed by atoms with E-state index >= 15 is 0 Å². The van der Waals surface area contributed by atoms with Gasteiger partial charge in [0.15, 0.2) is 6.10 Å². The lowest BCUT2D eigenvalue weighted by Gasteiger charge is -2.29. The van der Waals surface area contributed by atoms with Crippen molar-refractivity contribution in [2.75, 3.05) is 6.54 Å². The highest BCUT2D eigenvalue weighted by Crippen LogP contribution is 2.42. The first kappa shape index (κ1) is 16.2. The van der Waals surface area contributed by atoms with Gasteiger partial charge in [-0.25, -0.2) is 0 Å². The number of nitrogens with one attached hydrogen (secondary N) is 1. The van der Waals surface area contributed by atoms with Crippen LogP contribution in [-0.2, 0) is 9.53 Å². The van der Waals surface area contributed by atoms with Crippen LogP contribution in [0, 0.1) is 11.8 Å². The third-order valence-corrected chi connectivity index (χ3v) is 5.75. The Kier molecular flexibility index (Phi) is 4.19. The van der Waals surface area contributed by atoms with Crippen molar-refractivity contribution >= 4 is 17.5 Å². The molecule has 0 aromatic heterocycles. The summed E-state index contributed by atoms with van der Waals surface area (Å²) in [5.41, 5.74) is 0.641. The molecule has 2 bridgehead atoms. The fraction of sp³-hybridized carbons (Fsp3) is 0.611. The highest BCUT2D eigenvalue weighted by Gasteiger charge is 2.45. The van der Waals surface area contributed by atoms with Crippen LogP contribution in [0.4, 0.5) is 0 Å². The Hall–Kier alpha value is -1.30. The third kappa shape index (κ3) is 2.89. The van der Waals surface area contributed by atoms with Crippen LogP contribution in [0.2, 0.25) is 5.02 Å². The average Bonchev–Trinajstić information content (AvgIpc) is 3.12. The number of aliphatic hydroxyl groups excluding tert-OH is 1. The number of aliphatic hydroxyl groups is 1. The Bertz CT molecular complexity index is 650. The van der Waals surface area contributed by atoms with Crippen molar-refractivity contribution in [2.45, 2.75) is 50.6 Å². The molecule has 1 amide bonds. The summed E-state index contributed by atoms with van der Waals surface area (Å²) < 4.78 is 11.7. The molecule has 2 saturated heterocycles. The van der Waals surface area contributed by atoms with Gasteiger partial charge in [-0.15, -0.1) is 0 Å². The van der Waals surface area contributed by atoms with Gasteiger partial charge in [0.25, 0.3) is 5.91 Å². The van der Waals surface area contributed by atoms with Crippen molar-refractivity contribution in [2.24, 2.45) is 11.8 Å². The van der Waals surface area contributed by atoms with E-state index in [0.29, 0.717) is 40.8 Å². The first-order valence-corrected chi connectivity index (χ1v) is 8.96. The second kappa shape index (κ2) is 6.21. The highest BCUT2D eigenvalue weighted by molar-refractivity contribution is 6.30. The number of rotatable bonds is 3. The molecule has 0 spiro atoms. The Morgan fingerprint density at radius 1 is 1.33 bits per heavy atom. The monoisotopic (exact) mass is 351 g/mol. The zero-order chi connectivity index (χ0) is 16.8. The molecule has 0 aliphatic carbocycles. The van der Waals surface area contributed by atoms with Crippen LogP contribution in [-0.4, -0.2) is 35.9 Å². The molecule has 0 saturated carbocycles. The standard InChI is InChI=1S/C18H22ClNO4/c1-9-4-16-10(5-15(9)24-16)8-20-18(22)17-7-13(21)12-6-11(19)2-3-14(12)23-17/h2-3,6,9-10,13,15-17,21H,4-5,7-8H2,1H3,(H,20,22)/t9-,10+,13-,15+,16+,17-/m1/s1. The molecule has 1 aromatic rings. The molecule has 6 heteroatoms. The summed E-state index contributed by atoms with van der Waals surface area (Å²) in [5, 5.41) is 13.8. The smallest absolute Gasteiger partial charge is 0.261 e. The maximum absolute atomic E-state index is 12.4. The predicted octanol–water partition coefficient (Wildman–Crippen LogP) is 2.45. The van der Waals surface area contributed by atoms with Crippen LogP contribution >= 0.6 is 11.6 Å². The van der Waals surface area contributed by atoms with E-state index in [4.69, 9.17) is 21.1 Å². The second-order valence-electron chi connectivity index (χ2n) is 7.21. The van der Waals surface area contributed by atoms with E-state index in [1.165, 1.54) is 0 Å². The van der Waals surface area contributed by atoms with Crippen molar-refractivity contribution in [3.63, 3.8) is 0 Å². The molecular formula is C18H22ClNO4. The van der Waals surface area contributed by atoms with Crippen molar-refractivity contribution in [3.8, 4) is 5.75 Å². The molecule has 1 aromatic carbocycles. The van der Waals surface area contributed by atoms with Gasteiger partial charge in [0.2, 0.25) is 0 Å². The predicted molar refractivity (Wildman–Crippen MR) is 89.0 cm³/mol. The fourth-order valence-corrected chi connectivity index (χ4v) is 4.29. The van der Waals surface area contributed by atoms with E-state index in [9.17, 15) is 9.90 Å². The van der Waals surface area contributed by atoms with Gasteiger partial charge in [0.1, 0.15) is 5.75 Å². The lowest BCUT2D eigenvalue weighted by Crippen LogP contribution is -2.44. The van der Waals surface area contributed by atoms with E-state index in [0.717, 1.165) is 12.8 Å². The third-order valence-electron chi connectivity index (χ3n) is 5.52. The summed E-state index contributed by atoms with van der Waals surface area (Å²) in [6.07, 6.45) is 1.54. The lowest BCUT2D eigenvalue weighted by molar-refractivity contribution is -0.130.